The first-order valence-electron chi connectivity index (χ1n) is 8.24. The molecule has 22 heavy (non-hydrogen) atoms. The number of hydrogen-bond donors (Lipinski definition) is 1. The molecular formula is C18H30N2OS. The lowest BCUT2D eigenvalue weighted by molar-refractivity contribution is -0.00248. The smallest absolute Gasteiger partial charge is 0.0718 e. The third-order valence-electron chi connectivity index (χ3n) is 4.10. The molecule has 2 rings (SSSR count). The molecule has 1 N–H and O–H groups in total. The van der Waals surface area contributed by atoms with E-state index in [1.54, 1.807) is 0 Å². The second-order valence-corrected chi connectivity index (χ2v) is 8.08. The van der Waals surface area contributed by atoms with Gasteiger partial charge in [-0.25, -0.2) is 0 Å². The lowest BCUT2D eigenvalue weighted by Gasteiger charge is -2.42. The van der Waals surface area contributed by atoms with Gasteiger partial charge >= 0.3 is 0 Å². The Hall–Kier alpha value is -0.550. The number of nitrogens with zero attached hydrogens (tertiary/aromatic N) is 2. The molecule has 1 saturated heterocycles. The number of benzene rings is 1. The van der Waals surface area contributed by atoms with Crippen LogP contribution in [0.25, 0.3) is 0 Å². The highest BCUT2D eigenvalue weighted by Crippen LogP contribution is 2.16. The van der Waals surface area contributed by atoms with Crippen molar-refractivity contribution < 1.29 is 5.11 Å². The maximum atomic E-state index is 9.98. The molecule has 0 saturated carbocycles. The zero-order chi connectivity index (χ0) is 16.0. The topological polar surface area (TPSA) is 26.7 Å². The van der Waals surface area contributed by atoms with E-state index < -0.39 is 5.60 Å². The number of piperazine rings is 1. The van der Waals surface area contributed by atoms with Crippen molar-refractivity contribution in [1.29, 1.82) is 0 Å². The van der Waals surface area contributed by atoms with E-state index in [2.05, 4.69) is 47.1 Å². The van der Waals surface area contributed by atoms with Gasteiger partial charge in [-0.3, -0.25) is 9.80 Å². The van der Waals surface area contributed by atoms with E-state index in [0.29, 0.717) is 6.04 Å². The van der Waals surface area contributed by atoms with Gasteiger partial charge in [0.05, 0.1) is 5.60 Å². The molecule has 1 aliphatic heterocycles. The Morgan fingerprint density at radius 3 is 2.59 bits per heavy atom. The van der Waals surface area contributed by atoms with E-state index in [9.17, 15) is 5.11 Å². The average molecular weight is 323 g/mol. The minimum absolute atomic E-state index is 0.527. The van der Waals surface area contributed by atoms with Gasteiger partial charge in [0.25, 0.3) is 0 Å². The Labute approximate surface area is 139 Å². The van der Waals surface area contributed by atoms with Crippen LogP contribution in [0.4, 0.5) is 0 Å². The van der Waals surface area contributed by atoms with Crippen molar-refractivity contribution in [3.8, 4) is 0 Å². The molecule has 1 fully saturated rings. The summed E-state index contributed by atoms with van der Waals surface area (Å²) < 4.78 is 0. The highest BCUT2D eigenvalue weighted by atomic mass is 32.2. The maximum Gasteiger partial charge on any atom is 0.0718 e. The molecule has 0 aromatic heterocycles. The van der Waals surface area contributed by atoms with Crippen LogP contribution >= 0.6 is 11.8 Å². The van der Waals surface area contributed by atoms with Crippen LogP contribution in [0.5, 0.6) is 0 Å². The molecule has 124 valence electrons. The van der Waals surface area contributed by atoms with Crippen LogP contribution in [0.1, 0.15) is 26.3 Å². The normalized spacial score (nSPS) is 21.2. The minimum atomic E-state index is -0.595. The second kappa shape index (κ2) is 8.34. The van der Waals surface area contributed by atoms with Crippen LogP contribution in [0.2, 0.25) is 0 Å². The maximum absolute atomic E-state index is 9.98. The fraction of sp³-hybridized carbons (Fsp3) is 0.667. The standard InChI is InChI=1S/C18H30N2OS/c1-16-13-19(9-10-20(16)15-18(2,3)21)11-12-22-14-17-7-5-4-6-8-17/h4-8,16,21H,9-15H2,1-3H3/t16-/m1/s1. The zero-order valence-electron chi connectivity index (χ0n) is 14.2. The molecule has 0 unspecified atom stereocenters. The summed E-state index contributed by atoms with van der Waals surface area (Å²) in [5.74, 6) is 2.29. The Balaban J connectivity index is 1.64. The predicted molar refractivity (Wildman–Crippen MR) is 96.4 cm³/mol. The Bertz CT molecular complexity index is 432. The average Bonchev–Trinajstić information content (AvgIpc) is 2.46. The lowest BCUT2D eigenvalue weighted by atomic mass is 10.1. The molecule has 0 amide bonds. The molecule has 0 aliphatic carbocycles. The van der Waals surface area contributed by atoms with E-state index in [1.165, 1.54) is 11.3 Å². The summed E-state index contributed by atoms with van der Waals surface area (Å²) in [6.07, 6.45) is 0. The monoisotopic (exact) mass is 322 g/mol. The molecule has 3 nitrogen and oxygen atoms in total. The number of rotatable bonds is 7. The van der Waals surface area contributed by atoms with Gasteiger partial charge in [0, 0.05) is 50.3 Å². The molecule has 0 bridgehead atoms. The molecule has 1 aromatic rings. The molecule has 4 heteroatoms. The molecular weight excluding hydrogens is 292 g/mol. The Morgan fingerprint density at radius 2 is 1.95 bits per heavy atom. The second-order valence-electron chi connectivity index (χ2n) is 6.97. The number of β-amino-alcohol motifs (C(OH)–C–C–N with tert-alkyl or cyclic N) is 1. The number of aliphatic hydroxyl groups is 1. The minimum Gasteiger partial charge on any atom is -0.389 e. The fourth-order valence-corrected chi connectivity index (χ4v) is 3.92. The van der Waals surface area contributed by atoms with Crippen molar-refractivity contribution in [3.63, 3.8) is 0 Å². The Morgan fingerprint density at radius 1 is 1.23 bits per heavy atom. The van der Waals surface area contributed by atoms with Crippen LogP contribution in [0, 0.1) is 0 Å². The summed E-state index contributed by atoms with van der Waals surface area (Å²) in [6, 6.07) is 11.2. The summed E-state index contributed by atoms with van der Waals surface area (Å²) >= 11 is 2.02. The summed E-state index contributed by atoms with van der Waals surface area (Å²) in [5, 5.41) is 9.98. The summed E-state index contributed by atoms with van der Waals surface area (Å²) in [7, 11) is 0. The van der Waals surface area contributed by atoms with Crippen LogP contribution in [0.3, 0.4) is 0 Å². The Kier molecular flexibility index (Phi) is 6.75. The van der Waals surface area contributed by atoms with Crippen molar-refractivity contribution >= 4 is 11.8 Å². The fourth-order valence-electron chi connectivity index (χ4n) is 2.96. The first-order valence-corrected chi connectivity index (χ1v) is 9.40. The van der Waals surface area contributed by atoms with E-state index in [1.807, 2.05) is 25.6 Å². The van der Waals surface area contributed by atoms with Gasteiger partial charge in [-0.15, -0.1) is 0 Å². The largest absolute Gasteiger partial charge is 0.389 e. The van der Waals surface area contributed by atoms with E-state index in [-0.39, 0.29) is 0 Å². The van der Waals surface area contributed by atoms with Crippen LogP contribution in [-0.2, 0) is 5.75 Å². The SMILES string of the molecule is C[C@@H]1CN(CCSCc2ccccc2)CCN1CC(C)(C)O. The summed E-state index contributed by atoms with van der Waals surface area (Å²) in [4.78, 5) is 4.97. The molecule has 0 radical (unpaired) electrons. The van der Waals surface area contributed by atoms with Gasteiger partial charge in [-0.1, -0.05) is 30.3 Å². The molecule has 1 atom stereocenters. The van der Waals surface area contributed by atoms with Crippen molar-refractivity contribution in [2.24, 2.45) is 0 Å². The van der Waals surface area contributed by atoms with Crippen molar-refractivity contribution in [3.05, 3.63) is 35.9 Å². The van der Waals surface area contributed by atoms with Gasteiger partial charge in [-0.2, -0.15) is 11.8 Å². The molecule has 0 spiro atoms. The third kappa shape index (κ3) is 6.29. The highest BCUT2D eigenvalue weighted by Gasteiger charge is 2.27. The highest BCUT2D eigenvalue weighted by molar-refractivity contribution is 7.98. The van der Waals surface area contributed by atoms with E-state index in [4.69, 9.17) is 0 Å². The molecule has 1 aliphatic rings. The van der Waals surface area contributed by atoms with Crippen molar-refractivity contribution in [2.75, 3.05) is 38.5 Å². The van der Waals surface area contributed by atoms with Gasteiger partial charge in [0.1, 0.15) is 0 Å². The first-order chi connectivity index (χ1) is 10.4. The van der Waals surface area contributed by atoms with Crippen molar-refractivity contribution in [2.45, 2.75) is 38.2 Å². The van der Waals surface area contributed by atoms with E-state index >= 15 is 0 Å². The third-order valence-corrected chi connectivity index (χ3v) is 5.11. The summed E-state index contributed by atoms with van der Waals surface area (Å²) in [5.41, 5.74) is 0.818. The van der Waals surface area contributed by atoms with E-state index in [0.717, 1.165) is 38.5 Å². The zero-order valence-corrected chi connectivity index (χ0v) is 15.0. The first kappa shape index (κ1) is 17.8. The molecule has 1 aromatic carbocycles. The lowest BCUT2D eigenvalue weighted by Crippen LogP contribution is -2.55. The van der Waals surface area contributed by atoms with Gasteiger partial charge in [0.15, 0.2) is 0 Å². The van der Waals surface area contributed by atoms with Gasteiger partial charge < -0.3 is 5.11 Å². The van der Waals surface area contributed by atoms with Crippen LogP contribution in [-0.4, -0.2) is 65.0 Å². The predicted octanol–water partition coefficient (Wildman–Crippen LogP) is 2.70. The summed E-state index contributed by atoms with van der Waals surface area (Å²) in [6.45, 7) is 11.3. The quantitative estimate of drug-likeness (QED) is 0.781. The van der Waals surface area contributed by atoms with Crippen molar-refractivity contribution in [1.82, 2.24) is 9.80 Å². The van der Waals surface area contributed by atoms with Gasteiger partial charge in [-0.05, 0) is 26.3 Å². The number of hydrogen-bond acceptors (Lipinski definition) is 4. The number of thioether (sulfide) groups is 1. The van der Waals surface area contributed by atoms with Crippen LogP contribution in [0.15, 0.2) is 30.3 Å². The van der Waals surface area contributed by atoms with Crippen LogP contribution < -0.4 is 0 Å². The molecule has 1 heterocycles. The van der Waals surface area contributed by atoms with Gasteiger partial charge in [0.2, 0.25) is 0 Å².